The molecule has 2 atom stereocenters. The summed E-state index contributed by atoms with van der Waals surface area (Å²) in [5, 5.41) is 6.48. The van der Waals surface area contributed by atoms with Crippen LogP contribution in [-0.2, 0) is 15.3 Å². The van der Waals surface area contributed by atoms with E-state index in [9.17, 15) is 8.42 Å². The zero-order valence-electron chi connectivity index (χ0n) is 11.6. The molecule has 0 aliphatic carbocycles. The number of piperidine rings is 1. The summed E-state index contributed by atoms with van der Waals surface area (Å²) < 4.78 is 28.4. The monoisotopic (exact) mass is 287 g/mol. The second kappa shape index (κ2) is 5.20. The van der Waals surface area contributed by atoms with Gasteiger partial charge >= 0.3 is 0 Å². The Morgan fingerprint density at radius 1 is 1.53 bits per heavy atom. The fourth-order valence-corrected chi connectivity index (χ4v) is 2.89. The molecular formula is C12H21N3O3S. The van der Waals surface area contributed by atoms with Crippen molar-refractivity contribution in [3.05, 3.63) is 11.7 Å². The molecule has 0 amide bonds. The molecule has 2 rings (SSSR count). The van der Waals surface area contributed by atoms with Crippen LogP contribution in [0.15, 0.2) is 4.52 Å². The number of hydrogen-bond acceptors (Lipinski definition) is 6. The summed E-state index contributed by atoms with van der Waals surface area (Å²) in [6.45, 7) is 5.49. The first-order chi connectivity index (χ1) is 8.89. The summed E-state index contributed by atoms with van der Waals surface area (Å²) in [5.41, 5.74) is -0.152. The van der Waals surface area contributed by atoms with Crippen LogP contribution in [0.4, 0.5) is 0 Å². The van der Waals surface area contributed by atoms with Crippen LogP contribution in [0.3, 0.4) is 0 Å². The van der Waals surface area contributed by atoms with Crippen LogP contribution in [0.2, 0.25) is 0 Å². The SMILES string of the molecule is CCC1(c2nc(C(C)S(C)(=O)=O)no2)CCCNC1. The molecule has 0 aromatic carbocycles. The van der Waals surface area contributed by atoms with Gasteiger partial charge in [-0.1, -0.05) is 12.1 Å². The minimum absolute atomic E-state index is 0.152. The van der Waals surface area contributed by atoms with Crippen molar-refractivity contribution in [2.75, 3.05) is 19.3 Å². The van der Waals surface area contributed by atoms with Crippen molar-refractivity contribution >= 4 is 9.84 Å². The number of aromatic nitrogens is 2. The third kappa shape index (κ3) is 2.81. The average molecular weight is 287 g/mol. The number of nitrogens with one attached hydrogen (secondary N) is 1. The van der Waals surface area contributed by atoms with E-state index in [0.717, 1.165) is 32.4 Å². The lowest BCUT2D eigenvalue weighted by Crippen LogP contribution is -2.43. The Morgan fingerprint density at radius 3 is 2.79 bits per heavy atom. The standard InChI is InChI=1S/C12H21N3O3S/c1-4-12(6-5-7-13-8-12)11-14-10(15-18-11)9(2)19(3,16)17/h9,13H,4-8H2,1-3H3. The highest BCUT2D eigenvalue weighted by Crippen LogP contribution is 2.34. The van der Waals surface area contributed by atoms with E-state index < -0.39 is 15.1 Å². The molecule has 1 aliphatic heterocycles. The first-order valence-electron chi connectivity index (χ1n) is 6.63. The molecule has 1 N–H and O–H groups in total. The molecule has 7 heteroatoms. The molecule has 1 aliphatic rings. The van der Waals surface area contributed by atoms with Crippen LogP contribution in [0.5, 0.6) is 0 Å². The smallest absolute Gasteiger partial charge is 0.234 e. The predicted molar refractivity (Wildman–Crippen MR) is 71.6 cm³/mol. The Kier molecular flexibility index (Phi) is 3.96. The predicted octanol–water partition coefficient (Wildman–Crippen LogP) is 1.21. The topological polar surface area (TPSA) is 85.1 Å². The molecule has 108 valence electrons. The van der Waals surface area contributed by atoms with Crippen molar-refractivity contribution < 1.29 is 12.9 Å². The first kappa shape index (κ1) is 14.5. The van der Waals surface area contributed by atoms with Gasteiger partial charge in [0, 0.05) is 12.8 Å². The van der Waals surface area contributed by atoms with E-state index in [0.29, 0.717) is 5.89 Å². The summed E-state index contributed by atoms with van der Waals surface area (Å²) in [7, 11) is -3.20. The fourth-order valence-electron chi connectivity index (χ4n) is 2.41. The van der Waals surface area contributed by atoms with Crippen molar-refractivity contribution in [3.8, 4) is 0 Å². The molecule has 0 spiro atoms. The third-order valence-electron chi connectivity index (χ3n) is 4.05. The maximum Gasteiger partial charge on any atom is 0.234 e. The summed E-state index contributed by atoms with van der Waals surface area (Å²) in [5.74, 6) is 0.823. The first-order valence-corrected chi connectivity index (χ1v) is 8.58. The van der Waals surface area contributed by atoms with Gasteiger partial charge in [-0.2, -0.15) is 4.98 Å². The number of nitrogens with zero attached hydrogens (tertiary/aromatic N) is 2. The Morgan fingerprint density at radius 2 is 2.26 bits per heavy atom. The van der Waals surface area contributed by atoms with E-state index in [1.54, 1.807) is 6.92 Å². The molecule has 1 fully saturated rings. The van der Waals surface area contributed by atoms with E-state index in [1.807, 2.05) is 0 Å². The second-order valence-corrected chi connectivity index (χ2v) is 7.71. The third-order valence-corrected chi connectivity index (χ3v) is 5.55. The van der Waals surface area contributed by atoms with Crippen LogP contribution in [0.1, 0.15) is 50.1 Å². The van der Waals surface area contributed by atoms with Crippen molar-refractivity contribution in [2.45, 2.75) is 43.8 Å². The van der Waals surface area contributed by atoms with Gasteiger partial charge in [0.2, 0.25) is 5.89 Å². The molecular weight excluding hydrogens is 266 g/mol. The lowest BCUT2D eigenvalue weighted by molar-refractivity contribution is 0.220. The highest BCUT2D eigenvalue weighted by atomic mass is 32.2. The molecule has 1 saturated heterocycles. The van der Waals surface area contributed by atoms with Crippen molar-refractivity contribution in [3.63, 3.8) is 0 Å². The quantitative estimate of drug-likeness (QED) is 0.896. The fraction of sp³-hybridized carbons (Fsp3) is 0.833. The molecule has 1 aromatic rings. The Hall–Kier alpha value is -0.950. The Labute approximate surface area is 113 Å². The van der Waals surface area contributed by atoms with Crippen molar-refractivity contribution in [2.24, 2.45) is 0 Å². The van der Waals surface area contributed by atoms with Gasteiger partial charge in [0.15, 0.2) is 15.7 Å². The van der Waals surface area contributed by atoms with E-state index in [4.69, 9.17) is 4.52 Å². The van der Waals surface area contributed by atoms with Gasteiger partial charge < -0.3 is 9.84 Å². The highest BCUT2D eigenvalue weighted by Gasteiger charge is 2.38. The van der Waals surface area contributed by atoms with Gasteiger partial charge in [0.1, 0.15) is 5.25 Å². The maximum atomic E-state index is 11.5. The zero-order chi connectivity index (χ0) is 14.1. The summed E-state index contributed by atoms with van der Waals surface area (Å²) in [4.78, 5) is 4.35. The van der Waals surface area contributed by atoms with Crippen LogP contribution in [-0.4, -0.2) is 37.9 Å². The van der Waals surface area contributed by atoms with Gasteiger partial charge in [-0.3, -0.25) is 0 Å². The number of sulfone groups is 1. The van der Waals surface area contributed by atoms with Gasteiger partial charge in [-0.25, -0.2) is 8.42 Å². The Balaban J connectivity index is 2.29. The second-order valence-electron chi connectivity index (χ2n) is 5.34. The maximum absolute atomic E-state index is 11.5. The zero-order valence-corrected chi connectivity index (χ0v) is 12.5. The molecule has 1 aromatic heterocycles. The molecule has 0 saturated carbocycles. The van der Waals surface area contributed by atoms with Crippen LogP contribution in [0, 0.1) is 0 Å². The van der Waals surface area contributed by atoms with Crippen LogP contribution < -0.4 is 5.32 Å². The highest BCUT2D eigenvalue weighted by molar-refractivity contribution is 7.90. The van der Waals surface area contributed by atoms with E-state index >= 15 is 0 Å². The largest absolute Gasteiger partial charge is 0.339 e. The molecule has 0 bridgehead atoms. The minimum Gasteiger partial charge on any atom is -0.339 e. The van der Waals surface area contributed by atoms with Gasteiger partial charge in [-0.05, 0) is 32.7 Å². The normalized spacial score (nSPS) is 26.3. The van der Waals surface area contributed by atoms with Crippen molar-refractivity contribution in [1.29, 1.82) is 0 Å². The molecule has 2 unspecified atom stereocenters. The Bertz CT molecular complexity index is 532. The number of hydrogen-bond donors (Lipinski definition) is 1. The van der Waals surface area contributed by atoms with Crippen molar-refractivity contribution in [1.82, 2.24) is 15.5 Å². The molecule has 2 heterocycles. The minimum atomic E-state index is -3.20. The van der Waals surface area contributed by atoms with Gasteiger partial charge in [0.05, 0.1) is 5.41 Å². The summed E-state index contributed by atoms with van der Waals surface area (Å²) >= 11 is 0. The molecule has 19 heavy (non-hydrogen) atoms. The van der Waals surface area contributed by atoms with Crippen LogP contribution >= 0.6 is 0 Å². The van der Waals surface area contributed by atoms with Gasteiger partial charge in [0.25, 0.3) is 0 Å². The average Bonchev–Trinajstić information content (AvgIpc) is 2.87. The lowest BCUT2D eigenvalue weighted by Gasteiger charge is -2.33. The summed E-state index contributed by atoms with van der Waals surface area (Å²) in [6.07, 6.45) is 4.14. The molecule has 6 nitrogen and oxygen atoms in total. The van der Waals surface area contributed by atoms with E-state index in [2.05, 4.69) is 22.4 Å². The van der Waals surface area contributed by atoms with E-state index in [-0.39, 0.29) is 11.2 Å². The lowest BCUT2D eigenvalue weighted by atomic mass is 9.78. The number of rotatable bonds is 4. The van der Waals surface area contributed by atoms with Gasteiger partial charge in [-0.15, -0.1) is 0 Å². The van der Waals surface area contributed by atoms with Crippen LogP contribution in [0.25, 0.3) is 0 Å². The van der Waals surface area contributed by atoms with E-state index in [1.165, 1.54) is 6.26 Å². The summed E-state index contributed by atoms with van der Waals surface area (Å²) in [6, 6.07) is 0. The molecule has 0 radical (unpaired) electrons.